The largest absolute Gasteiger partial charge is 0.497 e. The minimum absolute atomic E-state index is 0.144. The smallest absolute Gasteiger partial charge is 0.240 e. The van der Waals surface area contributed by atoms with E-state index in [1.54, 1.807) is 18.9 Å². The predicted molar refractivity (Wildman–Crippen MR) is 95.4 cm³/mol. The molecule has 1 heterocycles. The highest BCUT2D eigenvalue weighted by Gasteiger charge is 2.28. The maximum Gasteiger partial charge on any atom is 0.240 e. The van der Waals surface area contributed by atoms with Crippen molar-refractivity contribution >= 4 is 17.7 Å². The van der Waals surface area contributed by atoms with E-state index in [-0.39, 0.29) is 11.2 Å². The molecule has 0 radical (unpaired) electrons. The van der Waals surface area contributed by atoms with Crippen LogP contribution in [0.3, 0.4) is 0 Å². The number of amides is 1. The van der Waals surface area contributed by atoms with E-state index < -0.39 is 0 Å². The molecule has 2 aromatic carbocycles. The Bertz CT molecular complexity index is 654. The molecule has 0 spiro atoms. The van der Waals surface area contributed by atoms with Crippen molar-refractivity contribution in [1.82, 2.24) is 4.90 Å². The van der Waals surface area contributed by atoms with Gasteiger partial charge in [-0.15, -0.1) is 11.8 Å². The van der Waals surface area contributed by atoms with Crippen LogP contribution in [0.25, 0.3) is 0 Å². The van der Waals surface area contributed by atoms with Crippen molar-refractivity contribution in [2.75, 3.05) is 33.4 Å². The van der Waals surface area contributed by atoms with Gasteiger partial charge in [-0.3, -0.25) is 4.79 Å². The first-order valence-corrected chi connectivity index (χ1v) is 8.88. The molecule has 1 aliphatic rings. The summed E-state index contributed by atoms with van der Waals surface area (Å²) in [6, 6.07) is 17.8. The normalized spacial score (nSPS) is 15.8. The number of hydrogen-bond donors (Lipinski definition) is 0. The molecule has 1 fully saturated rings. The van der Waals surface area contributed by atoms with Gasteiger partial charge in [0.2, 0.25) is 5.91 Å². The number of thioether (sulfide) groups is 1. The molecule has 1 amide bonds. The van der Waals surface area contributed by atoms with Gasteiger partial charge in [-0.25, -0.2) is 0 Å². The van der Waals surface area contributed by atoms with E-state index in [0.717, 1.165) is 16.2 Å². The number of carbonyl (C=O) groups is 1. The van der Waals surface area contributed by atoms with Gasteiger partial charge in [0.25, 0.3) is 0 Å². The average molecular weight is 343 g/mol. The predicted octanol–water partition coefficient (Wildman–Crippen LogP) is 3.39. The molecule has 24 heavy (non-hydrogen) atoms. The average Bonchev–Trinajstić information content (AvgIpc) is 2.67. The summed E-state index contributed by atoms with van der Waals surface area (Å²) in [6.07, 6.45) is 0. The fourth-order valence-corrected chi connectivity index (χ4v) is 3.74. The van der Waals surface area contributed by atoms with E-state index in [4.69, 9.17) is 9.47 Å². The van der Waals surface area contributed by atoms with E-state index in [2.05, 4.69) is 0 Å². The van der Waals surface area contributed by atoms with E-state index in [1.807, 2.05) is 59.5 Å². The van der Waals surface area contributed by atoms with Gasteiger partial charge in [0, 0.05) is 18.0 Å². The highest BCUT2D eigenvalue weighted by molar-refractivity contribution is 8.00. The number of rotatable bonds is 5. The Balaban J connectivity index is 1.82. The van der Waals surface area contributed by atoms with Crippen LogP contribution in [0, 0.1) is 0 Å². The molecule has 2 aromatic rings. The molecule has 5 heteroatoms. The Morgan fingerprint density at radius 2 is 1.75 bits per heavy atom. The molecule has 126 valence electrons. The third-order valence-electron chi connectivity index (χ3n) is 3.96. The van der Waals surface area contributed by atoms with E-state index in [1.165, 1.54) is 0 Å². The summed E-state index contributed by atoms with van der Waals surface area (Å²) < 4.78 is 10.6. The molecule has 1 atom stereocenters. The number of nitrogens with zero attached hydrogens (tertiary/aromatic N) is 1. The lowest BCUT2D eigenvalue weighted by Gasteiger charge is -2.30. The number of morpholine rings is 1. The number of hydrogen-bond acceptors (Lipinski definition) is 4. The van der Waals surface area contributed by atoms with Crippen LogP contribution >= 0.6 is 11.8 Å². The van der Waals surface area contributed by atoms with Crippen molar-refractivity contribution in [2.45, 2.75) is 10.1 Å². The van der Waals surface area contributed by atoms with Gasteiger partial charge in [-0.05, 0) is 29.8 Å². The molecular formula is C19H21NO3S. The van der Waals surface area contributed by atoms with Gasteiger partial charge in [0.1, 0.15) is 11.0 Å². The highest BCUT2D eigenvalue weighted by atomic mass is 32.2. The van der Waals surface area contributed by atoms with Gasteiger partial charge in [0.05, 0.1) is 20.3 Å². The molecule has 0 unspecified atom stereocenters. The zero-order valence-corrected chi connectivity index (χ0v) is 14.5. The van der Waals surface area contributed by atoms with Crippen molar-refractivity contribution in [3.05, 3.63) is 60.2 Å². The van der Waals surface area contributed by atoms with Crippen molar-refractivity contribution in [1.29, 1.82) is 0 Å². The first-order valence-electron chi connectivity index (χ1n) is 8.00. The lowest BCUT2D eigenvalue weighted by molar-refractivity contribution is -0.134. The van der Waals surface area contributed by atoms with Crippen molar-refractivity contribution < 1.29 is 14.3 Å². The van der Waals surface area contributed by atoms with E-state index in [9.17, 15) is 4.79 Å². The highest BCUT2D eigenvalue weighted by Crippen LogP contribution is 2.37. The monoisotopic (exact) mass is 343 g/mol. The molecular weight excluding hydrogens is 322 g/mol. The maximum absolute atomic E-state index is 13.1. The fraction of sp³-hybridized carbons (Fsp3) is 0.316. The second-order valence-corrected chi connectivity index (χ2v) is 6.70. The van der Waals surface area contributed by atoms with Gasteiger partial charge in [-0.1, -0.05) is 30.3 Å². The summed E-state index contributed by atoms with van der Waals surface area (Å²) in [5.41, 5.74) is 1.02. The van der Waals surface area contributed by atoms with Crippen molar-refractivity contribution in [3.8, 4) is 5.75 Å². The van der Waals surface area contributed by atoms with Crippen LogP contribution in [0.2, 0.25) is 0 Å². The first kappa shape index (κ1) is 16.9. The first-order chi connectivity index (χ1) is 11.8. The summed E-state index contributed by atoms with van der Waals surface area (Å²) in [4.78, 5) is 16.0. The fourth-order valence-electron chi connectivity index (χ4n) is 2.63. The molecule has 4 nitrogen and oxygen atoms in total. The lowest BCUT2D eigenvalue weighted by atomic mass is 10.1. The summed E-state index contributed by atoms with van der Waals surface area (Å²) in [5.74, 6) is 0.959. The SMILES string of the molecule is COc1ccc(S[C@H](C(=O)N2CCOCC2)c2ccccc2)cc1. The van der Waals surface area contributed by atoms with Crippen LogP contribution in [-0.2, 0) is 9.53 Å². The van der Waals surface area contributed by atoms with Gasteiger partial charge < -0.3 is 14.4 Å². The molecule has 1 saturated heterocycles. The Labute approximate surface area is 146 Å². The molecule has 0 bridgehead atoms. The van der Waals surface area contributed by atoms with Crippen molar-refractivity contribution in [3.63, 3.8) is 0 Å². The Hall–Kier alpha value is -1.98. The molecule has 0 aromatic heterocycles. The van der Waals surface area contributed by atoms with E-state index >= 15 is 0 Å². The van der Waals surface area contributed by atoms with Crippen molar-refractivity contribution in [2.24, 2.45) is 0 Å². The Kier molecular flexibility index (Phi) is 5.77. The van der Waals surface area contributed by atoms with Gasteiger partial charge in [-0.2, -0.15) is 0 Å². The quantitative estimate of drug-likeness (QED) is 0.780. The molecule has 0 N–H and O–H groups in total. The van der Waals surface area contributed by atoms with E-state index in [0.29, 0.717) is 26.3 Å². The number of ether oxygens (including phenoxy) is 2. The minimum atomic E-state index is -0.252. The van der Waals surface area contributed by atoms with Gasteiger partial charge in [0.15, 0.2) is 0 Å². The zero-order chi connectivity index (χ0) is 16.8. The molecule has 3 rings (SSSR count). The van der Waals surface area contributed by atoms with Crippen LogP contribution in [0.5, 0.6) is 5.75 Å². The molecule has 1 aliphatic heterocycles. The number of methoxy groups -OCH3 is 1. The summed E-state index contributed by atoms with van der Waals surface area (Å²) in [5, 5.41) is -0.252. The zero-order valence-electron chi connectivity index (χ0n) is 13.7. The van der Waals surface area contributed by atoms with Gasteiger partial charge >= 0.3 is 0 Å². The van der Waals surface area contributed by atoms with Crippen LogP contribution in [0.1, 0.15) is 10.8 Å². The summed E-state index contributed by atoms with van der Waals surface area (Å²) >= 11 is 1.58. The molecule has 0 saturated carbocycles. The lowest BCUT2D eigenvalue weighted by Crippen LogP contribution is -2.42. The second-order valence-electron chi connectivity index (χ2n) is 5.52. The third kappa shape index (κ3) is 4.10. The van der Waals surface area contributed by atoms with Crippen LogP contribution < -0.4 is 4.74 Å². The Morgan fingerprint density at radius 1 is 1.08 bits per heavy atom. The van der Waals surface area contributed by atoms with Crippen LogP contribution in [-0.4, -0.2) is 44.2 Å². The number of carbonyl (C=O) groups excluding carboxylic acids is 1. The topological polar surface area (TPSA) is 38.8 Å². The van der Waals surface area contributed by atoms with Crippen LogP contribution in [0.15, 0.2) is 59.5 Å². The summed E-state index contributed by atoms with van der Waals surface area (Å²) in [6.45, 7) is 2.54. The second kappa shape index (κ2) is 8.22. The summed E-state index contributed by atoms with van der Waals surface area (Å²) in [7, 11) is 1.65. The number of benzene rings is 2. The maximum atomic E-state index is 13.1. The Morgan fingerprint density at radius 3 is 2.38 bits per heavy atom. The minimum Gasteiger partial charge on any atom is -0.497 e. The third-order valence-corrected chi connectivity index (χ3v) is 5.22. The van der Waals surface area contributed by atoms with Crippen LogP contribution in [0.4, 0.5) is 0 Å². The molecule has 0 aliphatic carbocycles. The standard InChI is InChI=1S/C19H21NO3S/c1-22-16-7-9-17(10-8-16)24-18(15-5-3-2-4-6-15)19(21)20-11-13-23-14-12-20/h2-10,18H,11-14H2,1H3/t18-/m0/s1.